The second-order valence-corrected chi connectivity index (χ2v) is 8.49. The highest BCUT2D eigenvalue weighted by atomic mass is 35.5. The summed E-state index contributed by atoms with van der Waals surface area (Å²) in [5, 5.41) is 8.04. The first-order chi connectivity index (χ1) is 13.1. The molecular weight excluding hydrogens is 423 g/mol. The van der Waals surface area contributed by atoms with Gasteiger partial charge in [-0.1, -0.05) is 11.6 Å². The van der Waals surface area contributed by atoms with Crippen molar-refractivity contribution in [2.75, 3.05) is 18.4 Å². The van der Waals surface area contributed by atoms with Gasteiger partial charge in [0.25, 0.3) is 0 Å². The van der Waals surface area contributed by atoms with Gasteiger partial charge in [-0.2, -0.15) is 27.6 Å². The number of carbonyl (C=O) groups is 1. The van der Waals surface area contributed by atoms with Crippen molar-refractivity contribution in [3.8, 4) is 0 Å². The number of alkyl halides is 3. The fraction of sp³-hybridized carbons (Fsp3) is 0.400. The molecule has 0 atom stereocenters. The molecule has 152 valence electrons. The predicted octanol–water partition coefficient (Wildman–Crippen LogP) is 2.52. The number of piperidine rings is 1. The summed E-state index contributed by atoms with van der Waals surface area (Å²) in [6.45, 7) is 0.00159. The molecule has 1 fully saturated rings. The van der Waals surface area contributed by atoms with Gasteiger partial charge in [-0.3, -0.25) is 10.1 Å². The Morgan fingerprint density at radius 1 is 1.29 bits per heavy atom. The standard InChI is InChI=1S/C15H15ClF3N5O3S/c16-12-2-1-10(7-11(12)15(17,18)19)28(26,27)24-5-3-9(4-6-24)13(25)22-14-20-8-21-23-14/h1-2,7-9H,3-6H2,(H2,20,21,22,23,25). The molecule has 1 aromatic carbocycles. The minimum Gasteiger partial charge on any atom is -0.295 e. The summed E-state index contributed by atoms with van der Waals surface area (Å²) in [6.07, 6.45) is -3.10. The van der Waals surface area contributed by atoms with E-state index in [1.807, 2.05) is 0 Å². The molecular formula is C15H15ClF3N5O3S. The molecule has 2 N–H and O–H groups in total. The van der Waals surface area contributed by atoms with Crippen molar-refractivity contribution < 1.29 is 26.4 Å². The third kappa shape index (κ3) is 4.28. The van der Waals surface area contributed by atoms with Gasteiger partial charge in [0.15, 0.2) is 0 Å². The quantitative estimate of drug-likeness (QED) is 0.764. The van der Waals surface area contributed by atoms with E-state index in [0.717, 1.165) is 16.4 Å². The van der Waals surface area contributed by atoms with Gasteiger partial charge in [-0.15, -0.1) is 0 Å². The zero-order valence-corrected chi connectivity index (χ0v) is 15.8. The van der Waals surface area contributed by atoms with Crippen LogP contribution in [0.4, 0.5) is 19.1 Å². The molecule has 1 saturated heterocycles. The lowest BCUT2D eigenvalue weighted by atomic mass is 9.97. The van der Waals surface area contributed by atoms with E-state index in [1.165, 1.54) is 6.33 Å². The van der Waals surface area contributed by atoms with Crippen molar-refractivity contribution in [3.63, 3.8) is 0 Å². The molecule has 28 heavy (non-hydrogen) atoms. The smallest absolute Gasteiger partial charge is 0.295 e. The summed E-state index contributed by atoms with van der Waals surface area (Å²) in [7, 11) is -4.15. The summed E-state index contributed by atoms with van der Waals surface area (Å²) in [6, 6.07) is 2.48. The number of halogens is 4. The van der Waals surface area contributed by atoms with Crippen LogP contribution in [-0.2, 0) is 21.0 Å². The summed E-state index contributed by atoms with van der Waals surface area (Å²) < 4.78 is 65.5. The van der Waals surface area contributed by atoms with Crippen LogP contribution in [0.1, 0.15) is 18.4 Å². The minimum absolute atomic E-state index is 0.000796. The van der Waals surface area contributed by atoms with Gasteiger partial charge in [-0.25, -0.2) is 13.5 Å². The zero-order chi connectivity index (χ0) is 20.5. The van der Waals surface area contributed by atoms with Crippen molar-refractivity contribution in [2.24, 2.45) is 5.92 Å². The highest BCUT2D eigenvalue weighted by Crippen LogP contribution is 2.36. The molecule has 0 aliphatic carbocycles. The fourth-order valence-electron chi connectivity index (χ4n) is 2.87. The van der Waals surface area contributed by atoms with Gasteiger partial charge in [0, 0.05) is 19.0 Å². The molecule has 1 aliphatic rings. The molecule has 0 saturated carbocycles. The number of aromatic amines is 1. The van der Waals surface area contributed by atoms with Crippen molar-refractivity contribution in [3.05, 3.63) is 35.1 Å². The monoisotopic (exact) mass is 437 g/mol. The number of aromatic nitrogens is 3. The number of hydrogen-bond donors (Lipinski definition) is 2. The molecule has 3 rings (SSSR count). The number of carbonyl (C=O) groups excluding carboxylic acids is 1. The molecule has 0 unspecified atom stereocenters. The predicted molar refractivity (Wildman–Crippen MR) is 92.9 cm³/mol. The Labute approximate surface area is 163 Å². The van der Waals surface area contributed by atoms with Crippen LogP contribution in [0.15, 0.2) is 29.4 Å². The van der Waals surface area contributed by atoms with Crippen LogP contribution in [0.25, 0.3) is 0 Å². The summed E-state index contributed by atoms with van der Waals surface area (Å²) in [5.41, 5.74) is -1.21. The molecule has 8 nitrogen and oxygen atoms in total. The van der Waals surface area contributed by atoms with E-state index in [-0.39, 0.29) is 37.8 Å². The number of anilines is 1. The Morgan fingerprint density at radius 3 is 2.54 bits per heavy atom. The van der Waals surface area contributed by atoms with Crippen LogP contribution in [0.3, 0.4) is 0 Å². The minimum atomic E-state index is -4.77. The number of hydrogen-bond acceptors (Lipinski definition) is 5. The first-order valence-electron chi connectivity index (χ1n) is 8.12. The Morgan fingerprint density at radius 2 is 1.96 bits per heavy atom. The summed E-state index contributed by atoms with van der Waals surface area (Å²) in [5.74, 6) is -0.604. The third-order valence-electron chi connectivity index (χ3n) is 4.36. The van der Waals surface area contributed by atoms with E-state index < -0.39 is 37.6 Å². The van der Waals surface area contributed by atoms with Crippen molar-refractivity contribution in [1.82, 2.24) is 19.5 Å². The second kappa shape index (κ2) is 7.68. The number of nitrogens with one attached hydrogen (secondary N) is 2. The first kappa shape index (κ1) is 20.6. The fourth-order valence-corrected chi connectivity index (χ4v) is 4.60. The number of sulfonamides is 1. The van der Waals surface area contributed by atoms with E-state index in [2.05, 4.69) is 20.5 Å². The van der Waals surface area contributed by atoms with Gasteiger partial charge >= 0.3 is 6.18 Å². The van der Waals surface area contributed by atoms with Crippen LogP contribution < -0.4 is 5.32 Å². The Kier molecular flexibility index (Phi) is 5.64. The van der Waals surface area contributed by atoms with Gasteiger partial charge in [0.2, 0.25) is 21.9 Å². The number of H-pyrrole nitrogens is 1. The van der Waals surface area contributed by atoms with Crippen LogP contribution in [-0.4, -0.2) is 46.9 Å². The van der Waals surface area contributed by atoms with Gasteiger partial charge in [-0.05, 0) is 31.0 Å². The molecule has 1 aliphatic heterocycles. The Hall–Kier alpha value is -2.18. The molecule has 0 bridgehead atoms. The lowest BCUT2D eigenvalue weighted by molar-refractivity contribution is -0.137. The number of nitrogens with zero attached hydrogens (tertiary/aromatic N) is 3. The average Bonchev–Trinajstić information content (AvgIpc) is 3.14. The zero-order valence-electron chi connectivity index (χ0n) is 14.2. The molecule has 0 radical (unpaired) electrons. The molecule has 1 aromatic heterocycles. The summed E-state index contributed by atoms with van der Waals surface area (Å²) >= 11 is 5.54. The molecule has 1 amide bonds. The van der Waals surface area contributed by atoms with Crippen LogP contribution in [0.2, 0.25) is 5.02 Å². The molecule has 2 heterocycles. The summed E-state index contributed by atoms with van der Waals surface area (Å²) in [4.78, 5) is 15.5. The molecule has 2 aromatic rings. The Bertz CT molecular complexity index is 958. The molecule has 13 heteroatoms. The number of benzene rings is 1. The maximum atomic E-state index is 13.0. The third-order valence-corrected chi connectivity index (χ3v) is 6.59. The first-order valence-corrected chi connectivity index (χ1v) is 9.94. The van der Waals surface area contributed by atoms with Crippen molar-refractivity contribution >= 4 is 33.5 Å². The number of rotatable bonds is 4. The van der Waals surface area contributed by atoms with E-state index in [4.69, 9.17) is 11.6 Å². The van der Waals surface area contributed by atoms with E-state index in [9.17, 15) is 26.4 Å². The van der Waals surface area contributed by atoms with Crippen LogP contribution >= 0.6 is 11.6 Å². The normalized spacial score (nSPS) is 16.9. The van der Waals surface area contributed by atoms with Crippen LogP contribution in [0, 0.1) is 5.92 Å². The van der Waals surface area contributed by atoms with E-state index in [0.29, 0.717) is 6.07 Å². The largest absolute Gasteiger partial charge is 0.417 e. The van der Waals surface area contributed by atoms with E-state index >= 15 is 0 Å². The van der Waals surface area contributed by atoms with E-state index in [1.54, 1.807) is 0 Å². The number of amides is 1. The highest BCUT2D eigenvalue weighted by molar-refractivity contribution is 7.89. The highest BCUT2D eigenvalue weighted by Gasteiger charge is 2.37. The lowest BCUT2D eigenvalue weighted by Crippen LogP contribution is -2.41. The average molecular weight is 438 g/mol. The maximum absolute atomic E-state index is 13.0. The van der Waals surface area contributed by atoms with Crippen LogP contribution in [0.5, 0.6) is 0 Å². The topological polar surface area (TPSA) is 108 Å². The maximum Gasteiger partial charge on any atom is 0.417 e. The van der Waals surface area contributed by atoms with Crippen molar-refractivity contribution in [2.45, 2.75) is 23.9 Å². The van der Waals surface area contributed by atoms with Gasteiger partial charge in [0.1, 0.15) is 6.33 Å². The lowest BCUT2D eigenvalue weighted by Gasteiger charge is -2.30. The Balaban J connectivity index is 1.70. The SMILES string of the molecule is O=C(Nc1ncn[nH]1)C1CCN(S(=O)(=O)c2ccc(Cl)c(C(F)(F)F)c2)CC1. The van der Waals surface area contributed by atoms with Crippen molar-refractivity contribution in [1.29, 1.82) is 0 Å². The second-order valence-electron chi connectivity index (χ2n) is 6.14. The molecule has 0 spiro atoms. The van der Waals surface area contributed by atoms with Gasteiger partial charge < -0.3 is 0 Å². The van der Waals surface area contributed by atoms with Gasteiger partial charge in [0.05, 0.1) is 15.5 Å².